The Bertz CT molecular complexity index is 1200. The molecule has 0 aliphatic rings. The number of rotatable bonds is 7. The molecule has 172 valence electrons. The Morgan fingerprint density at radius 2 is 1.64 bits per heavy atom. The molecule has 9 nitrogen and oxygen atoms in total. The van der Waals surface area contributed by atoms with Crippen molar-refractivity contribution >= 4 is 58.5 Å². The van der Waals surface area contributed by atoms with Crippen LogP contribution in [0.5, 0.6) is 0 Å². The molecule has 0 radical (unpaired) electrons. The third-order valence-electron chi connectivity index (χ3n) is 4.40. The first-order valence-electron chi connectivity index (χ1n) is 9.32. The van der Waals surface area contributed by atoms with Crippen molar-refractivity contribution in [3.8, 4) is 11.4 Å². The summed E-state index contributed by atoms with van der Waals surface area (Å²) in [6.07, 6.45) is 0. The van der Waals surface area contributed by atoms with Gasteiger partial charge in [0.25, 0.3) is 0 Å². The van der Waals surface area contributed by atoms with Crippen molar-refractivity contribution in [3.05, 3.63) is 57.6 Å². The van der Waals surface area contributed by atoms with Crippen molar-refractivity contribution in [1.29, 1.82) is 0 Å². The first-order valence-corrected chi connectivity index (χ1v) is 11.1. The lowest BCUT2D eigenvalue weighted by atomic mass is 10.1. The van der Waals surface area contributed by atoms with Crippen LogP contribution < -0.4 is 5.32 Å². The second kappa shape index (κ2) is 10.7. The van der Waals surface area contributed by atoms with Gasteiger partial charge >= 0.3 is 11.9 Å². The summed E-state index contributed by atoms with van der Waals surface area (Å²) in [5.41, 5.74) is 1.10. The Kier molecular flexibility index (Phi) is 7.96. The number of thioether (sulfide) groups is 1. The number of ether oxygens (including phenoxy) is 2. The fourth-order valence-corrected chi connectivity index (χ4v) is 4.05. The molecule has 12 heteroatoms. The van der Waals surface area contributed by atoms with Crippen molar-refractivity contribution in [2.24, 2.45) is 7.05 Å². The summed E-state index contributed by atoms with van der Waals surface area (Å²) in [6, 6.07) is 9.18. The molecule has 1 heterocycles. The average molecular weight is 509 g/mol. The molecule has 1 amide bonds. The van der Waals surface area contributed by atoms with Crippen LogP contribution in [-0.4, -0.2) is 52.6 Å². The quantitative estimate of drug-likeness (QED) is 0.375. The monoisotopic (exact) mass is 508 g/mol. The number of carbonyl (C=O) groups is 3. The number of hydrogen-bond acceptors (Lipinski definition) is 8. The Labute approximate surface area is 203 Å². The van der Waals surface area contributed by atoms with Crippen LogP contribution in [0, 0.1) is 0 Å². The van der Waals surface area contributed by atoms with Gasteiger partial charge in [0.15, 0.2) is 11.0 Å². The second-order valence-corrected chi connectivity index (χ2v) is 8.39. The van der Waals surface area contributed by atoms with E-state index in [1.54, 1.807) is 29.8 Å². The van der Waals surface area contributed by atoms with Gasteiger partial charge in [0, 0.05) is 23.3 Å². The largest absolute Gasteiger partial charge is 0.465 e. The molecule has 0 bridgehead atoms. The molecule has 0 saturated carbocycles. The van der Waals surface area contributed by atoms with Crippen LogP contribution in [0.1, 0.15) is 20.7 Å². The highest BCUT2D eigenvalue weighted by molar-refractivity contribution is 7.99. The molecule has 33 heavy (non-hydrogen) atoms. The van der Waals surface area contributed by atoms with Crippen LogP contribution in [0.3, 0.4) is 0 Å². The van der Waals surface area contributed by atoms with E-state index in [1.807, 2.05) is 0 Å². The number of amides is 1. The van der Waals surface area contributed by atoms with E-state index in [0.29, 0.717) is 26.6 Å². The maximum Gasteiger partial charge on any atom is 0.337 e. The van der Waals surface area contributed by atoms with Crippen molar-refractivity contribution < 1.29 is 23.9 Å². The zero-order valence-electron chi connectivity index (χ0n) is 17.7. The lowest BCUT2D eigenvalue weighted by Crippen LogP contribution is -2.16. The number of hydrogen-bond donors (Lipinski definition) is 1. The molecule has 0 unspecified atom stereocenters. The van der Waals surface area contributed by atoms with Gasteiger partial charge in [-0.1, -0.05) is 35.0 Å². The molecule has 3 rings (SSSR count). The molecule has 0 aliphatic heterocycles. The fraction of sp³-hybridized carbons (Fsp3) is 0.190. The van der Waals surface area contributed by atoms with Crippen molar-refractivity contribution in [2.45, 2.75) is 5.16 Å². The third-order valence-corrected chi connectivity index (χ3v) is 5.97. The minimum Gasteiger partial charge on any atom is -0.465 e. The van der Waals surface area contributed by atoms with Crippen LogP contribution in [0.25, 0.3) is 11.4 Å². The van der Waals surface area contributed by atoms with Crippen molar-refractivity contribution in [2.75, 3.05) is 25.3 Å². The number of nitrogens with zero attached hydrogens (tertiary/aromatic N) is 3. The van der Waals surface area contributed by atoms with Crippen LogP contribution in [-0.2, 0) is 21.3 Å². The molecular weight excluding hydrogens is 491 g/mol. The van der Waals surface area contributed by atoms with E-state index in [0.717, 1.165) is 11.8 Å². The lowest BCUT2D eigenvalue weighted by molar-refractivity contribution is -0.113. The van der Waals surface area contributed by atoms with Gasteiger partial charge in [0.1, 0.15) is 0 Å². The number of esters is 2. The van der Waals surface area contributed by atoms with Gasteiger partial charge in [-0.3, -0.25) is 4.79 Å². The predicted molar refractivity (Wildman–Crippen MR) is 125 cm³/mol. The van der Waals surface area contributed by atoms with Gasteiger partial charge in [-0.25, -0.2) is 9.59 Å². The maximum atomic E-state index is 12.5. The van der Waals surface area contributed by atoms with Gasteiger partial charge < -0.3 is 19.4 Å². The Hall–Kier alpha value is -3.08. The minimum atomic E-state index is -0.655. The highest BCUT2D eigenvalue weighted by Crippen LogP contribution is 2.30. The Balaban J connectivity index is 1.73. The first kappa shape index (κ1) is 24.6. The predicted octanol–water partition coefficient (Wildman–Crippen LogP) is 4.09. The van der Waals surface area contributed by atoms with E-state index in [2.05, 4.69) is 15.5 Å². The van der Waals surface area contributed by atoms with E-state index in [9.17, 15) is 14.4 Å². The average Bonchev–Trinajstić information content (AvgIpc) is 3.16. The summed E-state index contributed by atoms with van der Waals surface area (Å²) in [5, 5.41) is 12.3. The van der Waals surface area contributed by atoms with Crippen LogP contribution >= 0.6 is 35.0 Å². The standard InChI is InChI=1S/C21H18Cl2N4O5S/c1-27-18(15-5-4-13(22)9-16(15)23)25-26-21(27)33-10-17(28)24-14-7-11(19(29)31-2)6-12(8-14)20(30)32-3/h4-9H,10H2,1-3H3,(H,24,28). The maximum absolute atomic E-state index is 12.5. The molecule has 0 spiro atoms. The summed E-state index contributed by atoms with van der Waals surface area (Å²) in [7, 11) is 4.19. The topological polar surface area (TPSA) is 112 Å². The van der Waals surface area contributed by atoms with Gasteiger partial charge in [-0.2, -0.15) is 0 Å². The van der Waals surface area contributed by atoms with E-state index in [-0.39, 0.29) is 28.5 Å². The van der Waals surface area contributed by atoms with Crippen LogP contribution in [0.2, 0.25) is 10.0 Å². The molecular formula is C21H18Cl2N4O5S. The van der Waals surface area contributed by atoms with Gasteiger partial charge in [0.05, 0.1) is 36.1 Å². The Morgan fingerprint density at radius 3 is 2.21 bits per heavy atom. The SMILES string of the molecule is COC(=O)c1cc(NC(=O)CSc2nnc(-c3ccc(Cl)cc3Cl)n2C)cc(C(=O)OC)c1. The summed E-state index contributed by atoms with van der Waals surface area (Å²) in [5.74, 6) is -1.17. The molecule has 1 aromatic heterocycles. The van der Waals surface area contributed by atoms with E-state index < -0.39 is 11.9 Å². The summed E-state index contributed by atoms with van der Waals surface area (Å²) in [6.45, 7) is 0. The Morgan fingerprint density at radius 1 is 1.00 bits per heavy atom. The molecule has 0 saturated heterocycles. The number of benzene rings is 2. The van der Waals surface area contributed by atoms with Crippen LogP contribution in [0.4, 0.5) is 5.69 Å². The molecule has 0 aliphatic carbocycles. The van der Waals surface area contributed by atoms with Crippen molar-refractivity contribution in [1.82, 2.24) is 14.8 Å². The summed E-state index contributed by atoms with van der Waals surface area (Å²) >= 11 is 13.3. The highest BCUT2D eigenvalue weighted by Gasteiger charge is 2.17. The zero-order valence-corrected chi connectivity index (χ0v) is 20.0. The van der Waals surface area contributed by atoms with E-state index in [4.69, 9.17) is 32.7 Å². The highest BCUT2D eigenvalue weighted by atomic mass is 35.5. The van der Waals surface area contributed by atoms with E-state index in [1.165, 1.54) is 32.4 Å². The number of halogens is 2. The minimum absolute atomic E-state index is 0.00364. The lowest BCUT2D eigenvalue weighted by Gasteiger charge is -2.09. The molecule has 0 atom stereocenters. The van der Waals surface area contributed by atoms with Gasteiger partial charge in [0.2, 0.25) is 5.91 Å². The third kappa shape index (κ3) is 5.84. The number of anilines is 1. The molecule has 3 aromatic rings. The number of nitrogens with one attached hydrogen (secondary N) is 1. The van der Waals surface area contributed by atoms with Gasteiger partial charge in [-0.05, 0) is 36.4 Å². The molecule has 2 aromatic carbocycles. The normalized spacial score (nSPS) is 10.6. The fourth-order valence-electron chi connectivity index (χ4n) is 2.84. The zero-order chi connectivity index (χ0) is 24.1. The summed E-state index contributed by atoms with van der Waals surface area (Å²) < 4.78 is 11.1. The second-order valence-electron chi connectivity index (χ2n) is 6.61. The van der Waals surface area contributed by atoms with E-state index >= 15 is 0 Å². The number of carbonyl (C=O) groups excluding carboxylic acids is 3. The van der Waals surface area contributed by atoms with Gasteiger partial charge in [-0.15, -0.1) is 10.2 Å². The summed E-state index contributed by atoms with van der Waals surface area (Å²) in [4.78, 5) is 36.3. The smallest absolute Gasteiger partial charge is 0.337 e. The van der Waals surface area contributed by atoms with Crippen LogP contribution in [0.15, 0.2) is 41.6 Å². The number of aromatic nitrogens is 3. The van der Waals surface area contributed by atoms with Crippen molar-refractivity contribution in [3.63, 3.8) is 0 Å². The number of methoxy groups -OCH3 is 2. The first-order chi connectivity index (χ1) is 15.7. The molecule has 0 fully saturated rings. The molecule has 1 N–H and O–H groups in total.